The fourth-order valence-corrected chi connectivity index (χ4v) is 1.97. The quantitative estimate of drug-likeness (QED) is 0.934. The lowest BCUT2D eigenvalue weighted by Crippen LogP contribution is -2.13. The van der Waals surface area contributed by atoms with Gasteiger partial charge in [0.15, 0.2) is 0 Å². The minimum absolute atomic E-state index is 0.188. The first-order valence-corrected chi connectivity index (χ1v) is 6.18. The zero-order chi connectivity index (χ0) is 13.8. The lowest BCUT2D eigenvalue weighted by molar-refractivity contribution is 0.277. The molecule has 2 rings (SSSR count). The lowest BCUT2D eigenvalue weighted by atomic mass is 10.2. The zero-order valence-electron chi connectivity index (χ0n) is 10.8. The molecule has 2 aromatic rings. The van der Waals surface area contributed by atoms with Crippen molar-refractivity contribution in [3.63, 3.8) is 0 Å². The van der Waals surface area contributed by atoms with Gasteiger partial charge in [0.1, 0.15) is 11.6 Å². The summed E-state index contributed by atoms with van der Waals surface area (Å²) >= 11 is 5.94. The Morgan fingerprint density at radius 2 is 2.00 bits per heavy atom. The Kier molecular flexibility index (Phi) is 4.24. The predicted octanol–water partition coefficient (Wildman–Crippen LogP) is 3.00. The van der Waals surface area contributed by atoms with Crippen LogP contribution in [-0.2, 0) is 6.61 Å². The normalized spacial score (nSPS) is 10.3. The van der Waals surface area contributed by atoms with E-state index in [4.69, 9.17) is 16.3 Å². The number of aliphatic hydroxyl groups is 1. The molecule has 0 saturated carbocycles. The van der Waals surface area contributed by atoms with Crippen molar-refractivity contribution in [1.82, 2.24) is 4.98 Å². The third-order valence-electron chi connectivity index (χ3n) is 2.84. The summed E-state index contributed by atoms with van der Waals surface area (Å²) in [4.78, 5) is 6.21. The number of anilines is 2. The van der Waals surface area contributed by atoms with Crippen LogP contribution in [0.15, 0.2) is 36.4 Å². The number of rotatable bonds is 4. The number of nitrogens with zero attached hydrogens (tertiary/aromatic N) is 2. The van der Waals surface area contributed by atoms with Gasteiger partial charge in [-0.2, -0.15) is 0 Å². The second-order valence-electron chi connectivity index (χ2n) is 3.99. The highest BCUT2D eigenvalue weighted by Crippen LogP contribution is 2.31. The molecule has 1 N–H and O–H groups in total. The molecule has 0 radical (unpaired) electrons. The monoisotopic (exact) mass is 278 g/mol. The van der Waals surface area contributed by atoms with E-state index in [9.17, 15) is 5.11 Å². The molecule has 0 amide bonds. The molecule has 0 spiro atoms. The summed E-state index contributed by atoms with van der Waals surface area (Å²) in [5, 5.41) is 9.66. The molecule has 0 aliphatic carbocycles. The minimum Gasteiger partial charge on any atom is -0.495 e. The SMILES string of the molecule is COc1ccccc1N(C)c1ccc(Cl)c(CO)n1. The van der Waals surface area contributed by atoms with Gasteiger partial charge in [0.25, 0.3) is 0 Å². The standard InChI is InChI=1S/C14H15ClN2O2/c1-17(12-5-3-4-6-13(12)19-2)14-8-7-10(15)11(9-18)16-14/h3-8,18H,9H2,1-2H3. The molecule has 1 aromatic heterocycles. The summed E-state index contributed by atoms with van der Waals surface area (Å²) in [6.45, 7) is -0.188. The molecule has 0 bridgehead atoms. The number of halogens is 1. The number of aliphatic hydroxyl groups excluding tert-OH is 1. The summed E-state index contributed by atoms with van der Waals surface area (Å²) in [5.41, 5.74) is 1.35. The van der Waals surface area contributed by atoms with Crippen molar-refractivity contribution >= 4 is 23.1 Å². The fraction of sp³-hybridized carbons (Fsp3) is 0.214. The van der Waals surface area contributed by atoms with Gasteiger partial charge >= 0.3 is 0 Å². The Hall–Kier alpha value is -1.78. The summed E-state index contributed by atoms with van der Waals surface area (Å²) in [5.74, 6) is 1.45. The number of pyridine rings is 1. The van der Waals surface area contributed by atoms with Crippen molar-refractivity contribution in [2.45, 2.75) is 6.61 Å². The molecule has 0 aliphatic heterocycles. The first-order valence-electron chi connectivity index (χ1n) is 5.80. The van der Waals surface area contributed by atoms with Crippen LogP contribution in [0, 0.1) is 0 Å². The number of para-hydroxylation sites is 2. The Morgan fingerprint density at radius 3 is 2.68 bits per heavy atom. The Morgan fingerprint density at radius 1 is 1.26 bits per heavy atom. The van der Waals surface area contributed by atoms with E-state index in [1.807, 2.05) is 36.2 Å². The summed E-state index contributed by atoms with van der Waals surface area (Å²) in [6.07, 6.45) is 0. The predicted molar refractivity (Wildman–Crippen MR) is 76.2 cm³/mol. The van der Waals surface area contributed by atoms with E-state index in [1.165, 1.54) is 0 Å². The van der Waals surface area contributed by atoms with Crippen molar-refractivity contribution in [2.75, 3.05) is 19.1 Å². The van der Waals surface area contributed by atoms with E-state index in [1.54, 1.807) is 19.2 Å². The molecule has 5 heteroatoms. The second-order valence-corrected chi connectivity index (χ2v) is 4.39. The van der Waals surface area contributed by atoms with Crippen LogP contribution in [0.1, 0.15) is 5.69 Å². The number of methoxy groups -OCH3 is 1. The smallest absolute Gasteiger partial charge is 0.142 e. The van der Waals surface area contributed by atoms with Crippen LogP contribution in [0.25, 0.3) is 0 Å². The summed E-state index contributed by atoms with van der Waals surface area (Å²) < 4.78 is 5.32. The molecule has 4 nitrogen and oxygen atoms in total. The van der Waals surface area contributed by atoms with Gasteiger partial charge in [-0.25, -0.2) is 4.98 Å². The van der Waals surface area contributed by atoms with E-state index in [2.05, 4.69) is 4.98 Å². The van der Waals surface area contributed by atoms with Crippen LogP contribution in [0.3, 0.4) is 0 Å². The Labute approximate surface area is 117 Å². The van der Waals surface area contributed by atoms with Crippen molar-refractivity contribution in [2.24, 2.45) is 0 Å². The second kappa shape index (κ2) is 5.91. The Bertz CT molecular complexity index is 575. The number of ether oxygens (including phenoxy) is 1. The highest BCUT2D eigenvalue weighted by Gasteiger charge is 2.12. The summed E-state index contributed by atoms with van der Waals surface area (Å²) in [7, 11) is 3.51. The van der Waals surface area contributed by atoms with Gasteiger partial charge in [0, 0.05) is 7.05 Å². The third-order valence-corrected chi connectivity index (χ3v) is 3.19. The van der Waals surface area contributed by atoms with E-state index < -0.39 is 0 Å². The zero-order valence-corrected chi connectivity index (χ0v) is 11.6. The van der Waals surface area contributed by atoms with Gasteiger partial charge in [-0.3, -0.25) is 0 Å². The van der Waals surface area contributed by atoms with Crippen LogP contribution >= 0.6 is 11.6 Å². The molecule has 100 valence electrons. The topological polar surface area (TPSA) is 45.6 Å². The third kappa shape index (κ3) is 2.80. The lowest BCUT2D eigenvalue weighted by Gasteiger charge is -2.21. The average molecular weight is 279 g/mol. The summed E-state index contributed by atoms with van der Waals surface area (Å²) in [6, 6.07) is 11.2. The first kappa shape index (κ1) is 13.6. The van der Waals surface area contributed by atoms with E-state index in [0.29, 0.717) is 16.5 Å². The van der Waals surface area contributed by atoms with Crippen molar-refractivity contribution in [3.8, 4) is 5.75 Å². The first-order chi connectivity index (χ1) is 9.17. The van der Waals surface area contributed by atoms with Gasteiger partial charge in [0.05, 0.1) is 30.1 Å². The molecule has 1 aromatic carbocycles. The molecule has 0 fully saturated rings. The van der Waals surface area contributed by atoms with Gasteiger partial charge in [0.2, 0.25) is 0 Å². The van der Waals surface area contributed by atoms with Crippen LogP contribution in [0.4, 0.5) is 11.5 Å². The maximum atomic E-state index is 9.21. The molecule has 19 heavy (non-hydrogen) atoms. The molecular formula is C14H15ClN2O2. The molecule has 0 aliphatic rings. The number of benzene rings is 1. The van der Waals surface area contributed by atoms with E-state index >= 15 is 0 Å². The highest BCUT2D eigenvalue weighted by molar-refractivity contribution is 6.31. The number of aromatic nitrogens is 1. The molecular weight excluding hydrogens is 264 g/mol. The fourth-order valence-electron chi connectivity index (χ4n) is 1.80. The van der Waals surface area contributed by atoms with Crippen LogP contribution in [0.5, 0.6) is 5.75 Å². The average Bonchev–Trinajstić information content (AvgIpc) is 2.47. The van der Waals surface area contributed by atoms with E-state index in [0.717, 1.165) is 11.4 Å². The number of hydrogen-bond acceptors (Lipinski definition) is 4. The van der Waals surface area contributed by atoms with Gasteiger partial charge in [-0.05, 0) is 24.3 Å². The molecule has 0 unspecified atom stereocenters. The maximum absolute atomic E-state index is 9.21. The van der Waals surface area contributed by atoms with Gasteiger partial charge < -0.3 is 14.7 Å². The minimum atomic E-state index is -0.188. The largest absolute Gasteiger partial charge is 0.495 e. The van der Waals surface area contributed by atoms with Crippen LogP contribution < -0.4 is 9.64 Å². The van der Waals surface area contributed by atoms with Crippen LogP contribution in [0.2, 0.25) is 5.02 Å². The van der Waals surface area contributed by atoms with Gasteiger partial charge in [-0.1, -0.05) is 23.7 Å². The highest BCUT2D eigenvalue weighted by atomic mass is 35.5. The van der Waals surface area contributed by atoms with Crippen molar-refractivity contribution < 1.29 is 9.84 Å². The van der Waals surface area contributed by atoms with Crippen molar-refractivity contribution in [3.05, 3.63) is 47.1 Å². The van der Waals surface area contributed by atoms with Crippen molar-refractivity contribution in [1.29, 1.82) is 0 Å². The Balaban J connectivity index is 2.41. The molecule has 0 saturated heterocycles. The van der Waals surface area contributed by atoms with Crippen LogP contribution in [-0.4, -0.2) is 24.2 Å². The van der Waals surface area contributed by atoms with Gasteiger partial charge in [-0.15, -0.1) is 0 Å². The molecule has 1 heterocycles. The maximum Gasteiger partial charge on any atom is 0.142 e. The molecule has 0 atom stereocenters. The van der Waals surface area contributed by atoms with E-state index in [-0.39, 0.29) is 6.61 Å². The number of hydrogen-bond donors (Lipinski definition) is 1.